The Morgan fingerprint density at radius 1 is 1.00 bits per heavy atom. The topological polar surface area (TPSA) is 164 Å². The monoisotopic (exact) mass is 384 g/mol. The van der Waals surface area contributed by atoms with E-state index in [1.54, 1.807) is 7.11 Å². The van der Waals surface area contributed by atoms with Crippen LogP contribution in [0.1, 0.15) is 0 Å². The third-order valence-corrected chi connectivity index (χ3v) is 1.96. The van der Waals surface area contributed by atoms with E-state index in [4.69, 9.17) is 10.2 Å². The second-order valence-corrected chi connectivity index (χ2v) is 4.16. The Morgan fingerprint density at radius 3 is 1.92 bits per heavy atom. The first kappa shape index (κ1) is 26.1. The van der Waals surface area contributed by atoms with E-state index in [9.17, 15) is 19.2 Å². The van der Waals surface area contributed by atoms with Gasteiger partial charge in [-0.25, -0.2) is 19.2 Å². The molecule has 0 aliphatic carbocycles. The van der Waals surface area contributed by atoms with Gasteiger partial charge in [0.15, 0.2) is 0 Å². The number of hydrogen-bond acceptors (Lipinski definition) is 11. The molecule has 152 valence electrons. The molecule has 1 aliphatic heterocycles. The number of carboxylic acid groups (broad SMARTS) is 1. The first-order chi connectivity index (χ1) is 12.4. The van der Waals surface area contributed by atoms with Crippen molar-refractivity contribution in [3.8, 4) is 0 Å². The lowest BCUT2D eigenvalue weighted by atomic mass is 10.6. The third kappa shape index (κ3) is 21.9. The molecule has 0 spiro atoms. The quantitative estimate of drug-likeness (QED) is 0.255. The van der Waals surface area contributed by atoms with Crippen molar-refractivity contribution in [2.75, 3.05) is 67.1 Å². The van der Waals surface area contributed by atoms with E-state index in [1.165, 1.54) is 7.11 Å². The molecule has 0 unspecified atom stereocenters. The van der Waals surface area contributed by atoms with Crippen LogP contribution in [-0.4, -0.2) is 101 Å². The van der Waals surface area contributed by atoms with Gasteiger partial charge in [0.1, 0.15) is 33.0 Å². The molecule has 26 heavy (non-hydrogen) atoms. The van der Waals surface area contributed by atoms with E-state index in [0.29, 0.717) is 13.2 Å². The number of aliphatic carboxylic acids is 1. The van der Waals surface area contributed by atoms with Crippen molar-refractivity contribution in [1.82, 2.24) is 0 Å². The summed E-state index contributed by atoms with van der Waals surface area (Å²) in [7, 11) is 3.03. The fraction of sp³-hybridized carbons (Fsp3) is 0.714. The van der Waals surface area contributed by atoms with Gasteiger partial charge in [0, 0.05) is 14.2 Å². The largest absolute Gasteiger partial charge is 0.480 e. The van der Waals surface area contributed by atoms with Crippen molar-refractivity contribution in [3.05, 3.63) is 0 Å². The minimum Gasteiger partial charge on any atom is -0.480 e. The van der Waals surface area contributed by atoms with Crippen molar-refractivity contribution in [2.24, 2.45) is 0 Å². The molecule has 1 aliphatic rings. The molecule has 1 saturated heterocycles. The average Bonchev–Trinajstić information content (AvgIpc) is 2.56. The van der Waals surface area contributed by atoms with Crippen LogP contribution in [-0.2, 0) is 47.6 Å². The Labute approximate surface area is 149 Å². The van der Waals surface area contributed by atoms with Crippen LogP contribution in [0, 0.1) is 0 Å². The molecule has 0 aromatic carbocycles. The lowest BCUT2D eigenvalue weighted by Gasteiger charge is -2.07. The first-order valence-electron chi connectivity index (χ1n) is 7.22. The lowest BCUT2D eigenvalue weighted by molar-refractivity contribution is -0.174. The molecule has 2 N–H and O–H groups in total. The van der Waals surface area contributed by atoms with Gasteiger partial charge in [-0.1, -0.05) is 0 Å². The summed E-state index contributed by atoms with van der Waals surface area (Å²) in [5.41, 5.74) is 0. The van der Waals surface area contributed by atoms with Crippen LogP contribution >= 0.6 is 0 Å². The molecule has 1 fully saturated rings. The highest BCUT2D eigenvalue weighted by atomic mass is 16.6. The van der Waals surface area contributed by atoms with Gasteiger partial charge in [0.05, 0.1) is 19.8 Å². The molecular weight excluding hydrogens is 360 g/mol. The highest BCUT2D eigenvalue weighted by molar-refractivity contribution is 5.88. The van der Waals surface area contributed by atoms with Gasteiger partial charge in [0.25, 0.3) is 0 Å². The lowest BCUT2D eigenvalue weighted by Crippen LogP contribution is -2.28. The summed E-state index contributed by atoms with van der Waals surface area (Å²) in [5, 5.41) is 16.1. The van der Waals surface area contributed by atoms with Crippen molar-refractivity contribution in [1.29, 1.82) is 0 Å². The highest BCUT2D eigenvalue weighted by Crippen LogP contribution is 1.91. The molecule has 0 radical (unpaired) electrons. The van der Waals surface area contributed by atoms with E-state index in [2.05, 4.69) is 28.4 Å². The maximum absolute atomic E-state index is 10.7. The van der Waals surface area contributed by atoms with E-state index in [0.717, 1.165) is 0 Å². The predicted octanol–water partition coefficient (Wildman–Crippen LogP) is -2.01. The van der Waals surface area contributed by atoms with Crippen LogP contribution in [0.15, 0.2) is 0 Å². The molecule has 12 nitrogen and oxygen atoms in total. The van der Waals surface area contributed by atoms with E-state index in [1.807, 2.05) is 0 Å². The molecule has 0 atom stereocenters. The van der Waals surface area contributed by atoms with Crippen LogP contribution in [0.5, 0.6) is 0 Å². The minimum absolute atomic E-state index is 0.105. The van der Waals surface area contributed by atoms with Gasteiger partial charge in [-0.2, -0.15) is 0 Å². The Morgan fingerprint density at radius 2 is 1.58 bits per heavy atom. The third-order valence-electron chi connectivity index (χ3n) is 1.96. The smallest absolute Gasteiger partial charge is 0.339 e. The fourth-order valence-electron chi connectivity index (χ4n) is 0.997. The maximum Gasteiger partial charge on any atom is 0.339 e. The number of cyclic esters (lactones) is 2. The maximum atomic E-state index is 10.7. The van der Waals surface area contributed by atoms with Crippen LogP contribution in [0.2, 0.25) is 0 Å². The second kappa shape index (κ2) is 19.2. The van der Waals surface area contributed by atoms with Gasteiger partial charge in [0.2, 0.25) is 0 Å². The molecule has 0 aromatic heterocycles. The van der Waals surface area contributed by atoms with Gasteiger partial charge < -0.3 is 38.6 Å². The van der Waals surface area contributed by atoms with Gasteiger partial charge in [-0.3, -0.25) is 0 Å². The SMILES string of the molecule is COCCO.COCCOC(=O)COCC(=O)O.O=C1COCC(=O)O1. The van der Waals surface area contributed by atoms with Gasteiger partial charge in [-0.15, -0.1) is 0 Å². The number of hydrogen-bond donors (Lipinski definition) is 2. The molecule has 0 saturated carbocycles. The summed E-state index contributed by atoms with van der Waals surface area (Å²) < 4.78 is 26.7. The Balaban J connectivity index is 0. The summed E-state index contributed by atoms with van der Waals surface area (Å²) >= 11 is 0. The zero-order chi connectivity index (χ0) is 20.2. The average molecular weight is 384 g/mol. The first-order valence-corrected chi connectivity index (χ1v) is 7.22. The molecule has 1 rings (SSSR count). The zero-order valence-corrected chi connectivity index (χ0v) is 14.6. The summed E-state index contributed by atoms with van der Waals surface area (Å²) in [6.45, 7) is -0.0419. The Bertz CT molecular complexity index is 393. The number of ether oxygens (including phenoxy) is 6. The van der Waals surface area contributed by atoms with Crippen LogP contribution < -0.4 is 0 Å². The molecular formula is C14H24O12. The second-order valence-electron chi connectivity index (χ2n) is 4.16. The van der Waals surface area contributed by atoms with E-state index >= 15 is 0 Å². The van der Waals surface area contributed by atoms with E-state index < -0.39 is 30.5 Å². The predicted molar refractivity (Wildman–Crippen MR) is 82.2 cm³/mol. The van der Waals surface area contributed by atoms with Gasteiger partial charge in [-0.05, 0) is 0 Å². The molecule has 1 heterocycles. The summed E-state index contributed by atoms with van der Waals surface area (Å²) in [6, 6.07) is 0. The zero-order valence-electron chi connectivity index (χ0n) is 14.6. The minimum atomic E-state index is -1.12. The van der Waals surface area contributed by atoms with Crippen LogP contribution in [0.25, 0.3) is 0 Å². The number of methoxy groups -OCH3 is 2. The van der Waals surface area contributed by atoms with Crippen LogP contribution in [0.3, 0.4) is 0 Å². The van der Waals surface area contributed by atoms with Crippen molar-refractivity contribution in [2.45, 2.75) is 0 Å². The molecule has 0 bridgehead atoms. The summed E-state index contributed by atoms with van der Waals surface area (Å²) in [4.78, 5) is 40.9. The number of aliphatic hydroxyl groups is 1. The number of esters is 3. The number of aliphatic hydroxyl groups excluding tert-OH is 1. The Kier molecular flexibility index (Phi) is 19.3. The van der Waals surface area contributed by atoms with E-state index in [-0.39, 0.29) is 33.0 Å². The Hall–Kier alpha value is -2.12. The summed E-state index contributed by atoms with van der Waals surface area (Å²) in [5.74, 6) is -2.94. The van der Waals surface area contributed by atoms with Gasteiger partial charge >= 0.3 is 23.9 Å². The molecule has 12 heteroatoms. The van der Waals surface area contributed by atoms with Crippen molar-refractivity contribution < 1.29 is 57.8 Å². The summed E-state index contributed by atoms with van der Waals surface area (Å²) in [6.07, 6.45) is 0. The molecule has 0 aromatic rings. The normalized spacial score (nSPS) is 12.7. The fourth-order valence-corrected chi connectivity index (χ4v) is 0.997. The van der Waals surface area contributed by atoms with Crippen molar-refractivity contribution >= 4 is 23.9 Å². The standard InChI is InChI=1S/C7H12O6.C4H4O4.C3H8O2/c1-11-2-3-13-7(10)5-12-4-6(8)9;5-3-1-7-2-4(6)8-3;1-5-3-2-4/h2-5H2,1H3,(H,8,9);1-2H2;4H,2-3H2,1H3. The number of carboxylic acids is 1. The van der Waals surface area contributed by atoms with Crippen molar-refractivity contribution in [3.63, 3.8) is 0 Å². The number of carbonyl (C=O) groups excluding carboxylic acids is 3. The number of rotatable bonds is 9. The van der Waals surface area contributed by atoms with Crippen LogP contribution in [0.4, 0.5) is 0 Å². The highest BCUT2D eigenvalue weighted by Gasteiger charge is 2.16. The number of carbonyl (C=O) groups is 4. The molecule has 0 amide bonds.